The van der Waals surface area contributed by atoms with Gasteiger partial charge in [0.1, 0.15) is 17.2 Å². The summed E-state index contributed by atoms with van der Waals surface area (Å²) in [6.45, 7) is 0. The maximum absolute atomic E-state index is 11.7. The van der Waals surface area contributed by atoms with E-state index >= 15 is 0 Å². The van der Waals surface area contributed by atoms with Gasteiger partial charge in [-0.1, -0.05) is 18.2 Å². The number of rotatable bonds is 6. The van der Waals surface area contributed by atoms with Crippen LogP contribution in [0.4, 0.5) is 28.8 Å². The van der Waals surface area contributed by atoms with Gasteiger partial charge in [-0.3, -0.25) is 4.79 Å². The van der Waals surface area contributed by atoms with E-state index in [1.807, 2.05) is 12.1 Å². The number of methoxy groups -OCH3 is 1. The van der Waals surface area contributed by atoms with Gasteiger partial charge in [-0.15, -0.1) is 0 Å². The molecule has 0 saturated heterocycles. The van der Waals surface area contributed by atoms with Crippen LogP contribution >= 0.6 is 0 Å². The van der Waals surface area contributed by atoms with Crippen LogP contribution in [0.15, 0.2) is 48.5 Å². The van der Waals surface area contributed by atoms with Gasteiger partial charge in [0.05, 0.1) is 12.8 Å². The number of primary amides is 1. The number of hydrogen-bond acceptors (Lipinski definition) is 8. The summed E-state index contributed by atoms with van der Waals surface area (Å²) in [5.74, 6) is 0.112. The molecule has 9 nitrogen and oxygen atoms in total. The number of nitrogen functional groups attached to an aromatic ring is 1. The van der Waals surface area contributed by atoms with Gasteiger partial charge >= 0.3 is 0 Å². The lowest BCUT2D eigenvalue weighted by Gasteiger charge is -2.15. The number of aromatic hydroxyl groups is 1. The van der Waals surface area contributed by atoms with Crippen LogP contribution in [-0.4, -0.2) is 28.1 Å². The van der Waals surface area contributed by atoms with Gasteiger partial charge in [0.15, 0.2) is 11.5 Å². The number of aromatic nitrogens is 2. The number of benzene rings is 2. The highest BCUT2D eigenvalue weighted by Crippen LogP contribution is 2.31. The standard InChI is InChI=1S/C18H18N6O3/c1-27-13-8-3-2-7-12(13)22-17-14(19)15(16(20)26)23-18(24-17)21-10-5-4-6-11(25)9-10/h2-9,25H,19H2,1H3,(H2,20,26)(H2,21,22,23,24). The molecule has 2 aromatic carbocycles. The van der Waals surface area contributed by atoms with Crippen molar-refractivity contribution in [3.8, 4) is 11.5 Å². The third-order valence-electron chi connectivity index (χ3n) is 3.64. The molecule has 3 aromatic rings. The van der Waals surface area contributed by atoms with Gasteiger partial charge in [0.25, 0.3) is 5.91 Å². The number of anilines is 5. The number of nitrogens with one attached hydrogen (secondary N) is 2. The molecule has 0 aliphatic rings. The van der Waals surface area contributed by atoms with E-state index in [9.17, 15) is 9.90 Å². The summed E-state index contributed by atoms with van der Waals surface area (Å²) >= 11 is 0. The van der Waals surface area contributed by atoms with Crippen molar-refractivity contribution in [1.29, 1.82) is 0 Å². The molecular formula is C18H18N6O3. The second-order valence-electron chi connectivity index (χ2n) is 5.52. The Morgan fingerprint density at radius 3 is 2.59 bits per heavy atom. The van der Waals surface area contributed by atoms with Crippen molar-refractivity contribution in [1.82, 2.24) is 9.97 Å². The average Bonchev–Trinajstić information content (AvgIpc) is 2.64. The first-order valence-electron chi connectivity index (χ1n) is 7.91. The highest BCUT2D eigenvalue weighted by molar-refractivity contribution is 5.99. The zero-order valence-electron chi connectivity index (χ0n) is 14.4. The van der Waals surface area contributed by atoms with Gasteiger partial charge < -0.3 is 31.9 Å². The zero-order chi connectivity index (χ0) is 19.4. The van der Waals surface area contributed by atoms with Gasteiger partial charge in [-0.25, -0.2) is 4.98 Å². The summed E-state index contributed by atoms with van der Waals surface area (Å²) in [6.07, 6.45) is 0. The molecule has 1 aromatic heterocycles. The number of nitrogens with two attached hydrogens (primary N) is 2. The van der Waals surface area contributed by atoms with Crippen molar-refractivity contribution in [2.24, 2.45) is 5.73 Å². The number of carbonyl (C=O) groups is 1. The normalized spacial score (nSPS) is 10.3. The van der Waals surface area contributed by atoms with Gasteiger partial charge in [0, 0.05) is 11.8 Å². The number of para-hydroxylation sites is 2. The van der Waals surface area contributed by atoms with Crippen molar-refractivity contribution in [2.45, 2.75) is 0 Å². The van der Waals surface area contributed by atoms with Crippen LogP contribution in [0.1, 0.15) is 10.5 Å². The predicted octanol–water partition coefficient (Wildman–Crippen LogP) is 2.36. The van der Waals surface area contributed by atoms with Crippen LogP contribution in [0.2, 0.25) is 0 Å². The Morgan fingerprint density at radius 1 is 1.11 bits per heavy atom. The summed E-state index contributed by atoms with van der Waals surface area (Å²) in [5, 5.41) is 15.5. The van der Waals surface area contributed by atoms with Crippen LogP contribution in [0.5, 0.6) is 11.5 Å². The number of nitrogens with zero attached hydrogens (tertiary/aromatic N) is 2. The van der Waals surface area contributed by atoms with E-state index in [0.29, 0.717) is 17.1 Å². The molecule has 27 heavy (non-hydrogen) atoms. The molecule has 1 amide bonds. The van der Waals surface area contributed by atoms with Gasteiger partial charge in [-0.2, -0.15) is 4.98 Å². The molecule has 3 rings (SSSR count). The molecule has 0 bridgehead atoms. The van der Waals surface area contributed by atoms with Crippen molar-refractivity contribution in [3.05, 3.63) is 54.2 Å². The third kappa shape index (κ3) is 3.98. The number of phenolic OH excluding ortho intramolecular Hbond substituents is 1. The van der Waals surface area contributed by atoms with E-state index in [1.54, 1.807) is 24.3 Å². The minimum atomic E-state index is -0.795. The SMILES string of the molecule is COc1ccccc1Nc1nc(Nc2cccc(O)c2)nc(C(N)=O)c1N. The Hall–Kier alpha value is -4.01. The zero-order valence-corrected chi connectivity index (χ0v) is 14.4. The molecule has 138 valence electrons. The summed E-state index contributed by atoms with van der Waals surface area (Å²) in [4.78, 5) is 20.1. The summed E-state index contributed by atoms with van der Waals surface area (Å²) in [5.41, 5.74) is 12.4. The molecule has 0 unspecified atom stereocenters. The molecule has 0 radical (unpaired) electrons. The highest BCUT2D eigenvalue weighted by atomic mass is 16.5. The lowest BCUT2D eigenvalue weighted by atomic mass is 10.2. The molecule has 7 N–H and O–H groups in total. The summed E-state index contributed by atoms with van der Waals surface area (Å²) < 4.78 is 5.29. The lowest BCUT2D eigenvalue weighted by molar-refractivity contribution is 0.0996. The van der Waals surface area contributed by atoms with E-state index in [1.165, 1.54) is 19.2 Å². The topological polar surface area (TPSA) is 148 Å². The Kier molecular flexibility index (Phi) is 4.93. The van der Waals surface area contributed by atoms with Crippen LogP contribution in [0, 0.1) is 0 Å². The van der Waals surface area contributed by atoms with Crippen molar-refractivity contribution in [2.75, 3.05) is 23.5 Å². The van der Waals surface area contributed by atoms with Crippen molar-refractivity contribution in [3.63, 3.8) is 0 Å². The van der Waals surface area contributed by atoms with Gasteiger partial charge in [-0.05, 0) is 24.3 Å². The third-order valence-corrected chi connectivity index (χ3v) is 3.64. The Balaban J connectivity index is 2.02. The Bertz CT molecular complexity index is 993. The number of amides is 1. The second-order valence-corrected chi connectivity index (χ2v) is 5.52. The van der Waals surface area contributed by atoms with Crippen molar-refractivity contribution >= 4 is 34.7 Å². The van der Waals surface area contributed by atoms with Crippen LogP contribution in [0.25, 0.3) is 0 Å². The summed E-state index contributed by atoms with van der Waals surface area (Å²) in [7, 11) is 1.54. The first kappa shape index (κ1) is 17.8. The number of hydrogen-bond donors (Lipinski definition) is 5. The van der Waals surface area contributed by atoms with Crippen LogP contribution < -0.4 is 26.8 Å². The fourth-order valence-corrected chi connectivity index (χ4v) is 2.40. The predicted molar refractivity (Wildman–Crippen MR) is 103 cm³/mol. The summed E-state index contributed by atoms with van der Waals surface area (Å²) in [6, 6.07) is 13.5. The lowest BCUT2D eigenvalue weighted by Crippen LogP contribution is -2.18. The molecule has 0 atom stereocenters. The highest BCUT2D eigenvalue weighted by Gasteiger charge is 2.17. The molecule has 0 fully saturated rings. The molecule has 1 heterocycles. The van der Waals surface area contributed by atoms with E-state index in [2.05, 4.69) is 20.6 Å². The smallest absolute Gasteiger partial charge is 0.269 e. The minimum absolute atomic E-state index is 0.00913. The molecule has 0 aliphatic carbocycles. The number of phenols is 1. The van der Waals surface area contributed by atoms with Gasteiger partial charge in [0.2, 0.25) is 5.95 Å². The Morgan fingerprint density at radius 2 is 1.89 bits per heavy atom. The maximum Gasteiger partial charge on any atom is 0.269 e. The van der Waals surface area contributed by atoms with Crippen LogP contribution in [-0.2, 0) is 0 Å². The Labute approximate surface area is 155 Å². The molecule has 0 spiro atoms. The average molecular weight is 366 g/mol. The first-order valence-corrected chi connectivity index (χ1v) is 7.91. The molecule has 0 saturated carbocycles. The maximum atomic E-state index is 11.7. The van der Waals surface area contributed by atoms with E-state index < -0.39 is 5.91 Å². The van der Waals surface area contributed by atoms with Crippen LogP contribution in [0.3, 0.4) is 0 Å². The minimum Gasteiger partial charge on any atom is -0.508 e. The first-order chi connectivity index (χ1) is 13.0. The van der Waals surface area contributed by atoms with E-state index in [-0.39, 0.29) is 28.9 Å². The molecule has 9 heteroatoms. The fourth-order valence-electron chi connectivity index (χ4n) is 2.40. The fraction of sp³-hybridized carbons (Fsp3) is 0.0556. The quantitative estimate of drug-likeness (QED) is 0.446. The molecular weight excluding hydrogens is 348 g/mol. The van der Waals surface area contributed by atoms with Crippen molar-refractivity contribution < 1.29 is 14.6 Å². The largest absolute Gasteiger partial charge is 0.508 e. The number of carbonyl (C=O) groups excluding carboxylic acids is 1. The number of ether oxygens (including phenoxy) is 1. The molecule has 0 aliphatic heterocycles. The van der Waals surface area contributed by atoms with E-state index in [4.69, 9.17) is 16.2 Å². The second kappa shape index (κ2) is 7.48. The monoisotopic (exact) mass is 366 g/mol. The van der Waals surface area contributed by atoms with E-state index in [0.717, 1.165) is 0 Å².